The highest BCUT2D eigenvalue weighted by Gasteiger charge is 2.36. The van der Waals surface area contributed by atoms with E-state index in [1.165, 1.54) is 12.4 Å². The Morgan fingerprint density at radius 2 is 2.14 bits per heavy atom. The van der Waals surface area contributed by atoms with Crippen LogP contribution in [0, 0.1) is 17.8 Å². The number of halogens is 3. The van der Waals surface area contributed by atoms with Gasteiger partial charge in [-0.25, -0.2) is 0 Å². The molecule has 4 atom stereocenters. The number of nitrogens with zero attached hydrogens (tertiary/aromatic N) is 2. The number of allylic oxidation sites excluding steroid dienone is 2. The van der Waals surface area contributed by atoms with Gasteiger partial charge in [-0.1, -0.05) is 44.6 Å². The fraction of sp³-hybridized carbons (Fsp3) is 0.524. The SMILES string of the molecule is C=CC1NN=C(C(C)CC(/C=C/Cc2c[nH]nc2C(F)(F)F)CCC)C1/C=C/N. The summed E-state index contributed by atoms with van der Waals surface area (Å²) in [6, 6.07) is 0.0225. The van der Waals surface area contributed by atoms with Crippen LogP contribution in [0.4, 0.5) is 13.2 Å². The molecule has 2 heterocycles. The van der Waals surface area contributed by atoms with Crippen molar-refractivity contribution in [2.75, 3.05) is 0 Å². The topological polar surface area (TPSA) is 79.1 Å². The number of aromatic amines is 1. The Hall–Kier alpha value is -2.51. The highest BCUT2D eigenvalue weighted by atomic mass is 19.4. The summed E-state index contributed by atoms with van der Waals surface area (Å²) < 4.78 is 38.8. The van der Waals surface area contributed by atoms with Crippen LogP contribution in [-0.2, 0) is 12.6 Å². The van der Waals surface area contributed by atoms with Crippen LogP contribution in [0.25, 0.3) is 0 Å². The van der Waals surface area contributed by atoms with Crippen molar-refractivity contribution in [2.24, 2.45) is 28.6 Å². The van der Waals surface area contributed by atoms with Crippen molar-refractivity contribution in [3.05, 3.63) is 54.5 Å². The fourth-order valence-electron chi connectivity index (χ4n) is 3.81. The zero-order chi connectivity index (χ0) is 21.4. The summed E-state index contributed by atoms with van der Waals surface area (Å²) in [6.07, 6.45) is 8.98. The molecule has 0 amide bonds. The molecule has 0 fully saturated rings. The molecule has 4 unspecified atom stereocenters. The smallest absolute Gasteiger partial charge is 0.405 e. The molecule has 1 aromatic rings. The Kier molecular flexibility index (Phi) is 8.10. The van der Waals surface area contributed by atoms with Crippen molar-refractivity contribution in [1.29, 1.82) is 0 Å². The van der Waals surface area contributed by atoms with Gasteiger partial charge in [0.25, 0.3) is 0 Å². The third kappa shape index (κ3) is 5.98. The second-order valence-electron chi connectivity index (χ2n) is 7.41. The number of hydrazone groups is 1. The molecule has 1 aliphatic heterocycles. The molecule has 8 heteroatoms. The zero-order valence-corrected chi connectivity index (χ0v) is 16.9. The van der Waals surface area contributed by atoms with Gasteiger partial charge in [0.15, 0.2) is 5.69 Å². The third-order valence-electron chi connectivity index (χ3n) is 5.20. The monoisotopic (exact) mass is 409 g/mol. The van der Waals surface area contributed by atoms with E-state index in [9.17, 15) is 13.2 Å². The lowest BCUT2D eigenvalue weighted by Crippen LogP contribution is -2.29. The minimum Gasteiger partial charge on any atom is -0.405 e. The molecule has 0 spiro atoms. The Labute approximate surface area is 170 Å². The van der Waals surface area contributed by atoms with Crippen LogP contribution in [0.3, 0.4) is 0 Å². The first-order valence-electron chi connectivity index (χ1n) is 9.92. The van der Waals surface area contributed by atoms with Crippen molar-refractivity contribution in [1.82, 2.24) is 15.6 Å². The predicted molar refractivity (Wildman–Crippen MR) is 110 cm³/mol. The number of hydrogen-bond donors (Lipinski definition) is 3. The van der Waals surface area contributed by atoms with Gasteiger partial charge >= 0.3 is 6.18 Å². The molecule has 0 aliphatic carbocycles. The second kappa shape index (κ2) is 10.3. The maximum atomic E-state index is 12.9. The molecule has 0 saturated heterocycles. The summed E-state index contributed by atoms with van der Waals surface area (Å²) in [6.45, 7) is 8.06. The summed E-state index contributed by atoms with van der Waals surface area (Å²) in [4.78, 5) is 0. The third-order valence-corrected chi connectivity index (χ3v) is 5.20. The summed E-state index contributed by atoms with van der Waals surface area (Å²) in [5.41, 5.74) is 9.02. The van der Waals surface area contributed by atoms with Crippen LogP contribution in [-0.4, -0.2) is 22.0 Å². The Balaban J connectivity index is 2.03. The Bertz CT molecular complexity index is 748. The molecular formula is C21H30F3N5. The average molecular weight is 410 g/mol. The summed E-state index contributed by atoms with van der Waals surface area (Å²) in [7, 11) is 0. The summed E-state index contributed by atoms with van der Waals surface area (Å²) >= 11 is 0. The normalized spacial score (nSPS) is 22.0. The highest BCUT2D eigenvalue weighted by molar-refractivity contribution is 5.92. The first kappa shape index (κ1) is 22.8. The lowest BCUT2D eigenvalue weighted by Gasteiger charge is -2.21. The molecule has 0 aromatic carbocycles. The molecular weight excluding hydrogens is 379 g/mol. The number of nitrogens with one attached hydrogen (secondary N) is 2. The quantitative estimate of drug-likeness (QED) is 0.495. The lowest BCUT2D eigenvalue weighted by atomic mass is 9.82. The molecule has 0 bridgehead atoms. The molecule has 4 N–H and O–H groups in total. The van der Waals surface area contributed by atoms with Gasteiger partial charge in [0, 0.05) is 17.7 Å². The molecule has 2 rings (SSSR count). The molecule has 1 aliphatic rings. The van der Waals surface area contributed by atoms with Crippen LogP contribution in [0.2, 0.25) is 0 Å². The van der Waals surface area contributed by atoms with E-state index in [0.29, 0.717) is 0 Å². The van der Waals surface area contributed by atoms with Crippen LogP contribution in [0.5, 0.6) is 0 Å². The summed E-state index contributed by atoms with van der Waals surface area (Å²) in [5.74, 6) is 0.526. The Morgan fingerprint density at radius 3 is 2.76 bits per heavy atom. The standard InChI is InChI=1S/C21H30F3N5/c1-4-7-15(8-6-9-16-13-26-29-20(16)21(22,23)24)12-14(3)19-17(10-11-25)18(5-2)27-28-19/h5-6,8,10-11,13-15,17-18,27H,2,4,7,9,12,25H2,1,3H3,(H,26,29)/b8-6+,11-10+. The van der Waals surface area contributed by atoms with Crippen LogP contribution in [0.15, 0.2) is 48.4 Å². The van der Waals surface area contributed by atoms with Gasteiger partial charge in [-0.2, -0.15) is 23.4 Å². The second-order valence-corrected chi connectivity index (χ2v) is 7.41. The largest absolute Gasteiger partial charge is 0.435 e. The Morgan fingerprint density at radius 1 is 1.38 bits per heavy atom. The van der Waals surface area contributed by atoms with Crippen molar-refractivity contribution in [2.45, 2.75) is 51.7 Å². The van der Waals surface area contributed by atoms with E-state index in [1.807, 2.05) is 24.3 Å². The number of H-pyrrole nitrogens is 1. The van der Waals surface area contributed by atoms with Gasteiger partial charge < -0.3 is 11.2 Å². The number of rotatable bonds is 10. The number of hydrogen-bond acceptors (Lipinski definition) is 4. The molecule has 0 radical (unpaired) electrons. The van der Waals surface area contributed by atoms with E-state index in [-0.39, 0.29) is 35.8 Å². The van der Waals surface area contributed by atoms with Gasteiger partial charge in [0.1, 0.15) is 0 Å². The van der Waals surface area contributed by atoms with Crippen LogP contribution < -0.4 is 11.2 Å². The van der Waals surface area contributed by atoms with Gasteiger partial charge in [-0.15, -0.1) is 6.58 Å². The van der Waals surface area contributed by atoms with E-state index in [2.05, 4.69) is 41.2 Å². The van der Waals surface area contributed by atoms with E-state index in [1.54, 1.807) is 0 Å². The minimum atomic E-state index is -4.44. The number of alkyl halides is 3. The molecule has 160 valence electrons. The maximum Gasteiger partial charge on any atom is 0.435 e. The number of aromatic nitrogens is 2. The van der Waals surface area contributed by atoms with Gasteiger partial charge in [-0.3, -0.25) is 5.10 Å². The van der Waals surface area contributed by atoms with E-state index < -0.39 is 11.9 Å². The van der Waals surface area contributed by atoms with Crippen molar-refractivity contribution in [3.63, 3.8) is 0 Å². The first-order valence-corrected chi connectivity index (χ1v) is 9.92. The molecule has 29 heavy (non-hydrogen) atoms. The zero-order valence-electron chi connectivity index (χ0n) is 16.9. The van der Waals surface area contributed by atoms with Gasteiger partial charge in [0.2, 0.25) is 0 Å². The predicted octanol–water partition coefficient (Wildman–Crippen LogP) is 4.57. The lowest BCUT2D eigenvalue weighted by molar-refractivity contribution is -0.141. The first-order chi connectivity index (χ1) is 13.8. The van der Waals surface area contributed by atoms with Gasteiger partial charge in [-0.05, 0) is 37.3 Å². The van der Waals surface area contributed by atoms with E-state index in [4.69, 9.17) is 5.73 Å². The van der Waals surface area contributed by atoms with E-state index in [0.717, 1.165) is 25.0 Å². The van der Waals surface area contributed by atoms with E-state index >= 15 is 0 Å². The molecule has 1 aromatic heterocycles. The summed E-state index contributed by atoms with van der Waals surface area (Å²) in [5, 5.41) is 10.1. The number of nitrogens with two attached hydrogens (primary N) is 1. The van der Waals surface area contributed by atoms with Crippen molar-refractivity contribution in [3.8, 4) is 0 Å². The maximum absolute atomic E-state index is 12.9. The van der Waals surface area contributed by atoms with Crippen LogP contribution >= 0.6 is 0 Å². The van der Waals surface area contributed by atoms with Crippen molar-refractivity contribution < 1.29 is 13.2 Å². The molecule has 5 nitrogen and oxygen atoms in total. The molecule has 0 saturated carbocycles. The minimum absolute atomic E-state index is 0.0225. The van der Waals surface area contributed by atoms with Crippen molar-refractivity contribution >= 4 is 5.71 Å². The van der Waals surface area contributed by atoms with Gasteiger partial charge in [0.05, 0.1) is 11.8 Å². The fourth-order valence-corrected chi connectivity index (χ4v) is 3.81. The average Bonchev–Trinajstić information content (AvgIpc) is 3.28. The highest BCUT2D eigenvalue weighted by Crippen LogP contribution is 2.31. The van der Waals surface area contributed by atoms with Crippen LogP contribution in [0.1, 0.15) is 44.4 Å².